The van der Waals surface area contributed by atoms with Crippen LogP contribution in [0.25, 0.3) is 77.0 Å². The summed E-state index contributed by atoms with van der Waals surface area (Å²) in [6.45, 7) is 15.7. The molecule has 0 bridgehead atoms. The van der Waals surface area contributed by atoms with Gasteiger partial charge in [0.1, 0.15) is 28.2 Å². The van der Waals surface area contributed by atoms with Crippen LogP contribution in [0.2, 0.25) is 0 Å². The van der Waals surface area contributed by atoms with E-state index in [4.69, 9.17) is 18.8 Å². The largest absolute Gasteiger partial charge is 0.456 e. The fourth-order valence-corrected chi connectivity index (χ4v) is 9.80. The number of hydrogen-bond acceptors (Lipinski definition) is 3. The zero-order chi connectivity index (χ0) is 49.0. The van der Waals surface area contributed by atoms with E-state index in [0.717, 1.165) is 82.9 Å². The van der Waals surface area contributed by atoms with Crippen LogP contribution in [0.1, 0.15) is 81.8 Å². The van der Waals surface area contributed by atoms with Gasteiger partial charge < -0.3 is 13.4 Å². The SMILES string of the molecule is C/C(=C\C(=C(/Cc1ccccc1)n1c2ccc(C(C)(C)C)cc2c2cc(C(C)(C)C)ccc21)c1ccccc1)C(=N)N=C(N=Cc1cccc2c1oc1ccccc12)c1ccc2c(c1)oc1ccccc12. The fraction of sp³-hybridized carbons (Fsp3) is 0.154. The van der Waals surface area contributed by atoms with Gasteiger partial charge in [0.15, 0.2) is 5.84 Å². The number of furan rings is 2. The van der Waals surface area contributed by atoms with Gasteiger partial charge in [0.2, 0.25) is 0 Å². The van der Waals surface area contributed by atoms with Crippen molar-refractivity contribution in [2.75, 3.05) is 0 Å². The van der Waals surface area contributed by atoms with E-state index in [0.29, 0.717) is 17.8 Å². The van der Waals surface area contributed by atoms with Gasteiger partial charge >= 0.3 is 0 Å². The van der Waals surface area contributed by atoms with Crippen LogP contribution in [0.5, 0.6) is 0 Å². The van der Waals surface area contributed by atoms with Crippen LogP contribution in [0.3, 0.4) is 0 Å². The van der Waals surface area contributed by atoms with Crippen molar-refractivity contribution in [2.45, 2.75) is 65.7 Å². The van der Waals surface area contributed by atoms with Crippen molar-refractivity contribution in [3.05, 3.63) is 227 Å². The number of para-hydroxylation sites is 3. The third kappa shape index (κ3) is 8.61. The Hall–Kier alpha value is -8.35. The molecule has 0 fully saturated rings. The predicted molar refractivity (Wildman–Crippen MR) is 300 cm³/mol. The molecular weight excluding hydrogens is 869 g/mol. The smallest absolute Gasteiger partial charge is 0.161 e. The molecule has 348 valence electrons. The molecule has 11 rings (SSSR count). The molecular formula is C65H56N4O2. The third-order valence-electron chi connectivity index (χ3n) is 13.7. The van der Waals surface area contributed by atoms with Crippen LogP contribution in [0.4, 0.5) is 0 Å². The Morgan fingerprint density at radius 1 is 0.535 bits per heavy atom. The Balaban J connectivity index is 1.12. The molecule has 1 N–H and O–H groups in total. The Labute approximate surface area is 414 Å². The third-order valence-corrected chi connectivity index (χ3v) is 13.7. The molecule has 0 atom stereocenters. The van der Waals surface area contributed by atoms with Gasteiger partial charge in [-0.3, -0.25) is 5.41 Å². The number of nitrogens with one attached hydrogen (secondary N) is 1. The first-order chi connectivity index (χ1) is 34.3. The molecule has 6 heteroatoms. The second kappa shape index (κ2) is 17.9. The Morgan fingerprint density at radius 2 is 1.10 bits per heavy atom. The number of rotatable bonds is 8. The van der Waals surface area contributed by atoms with Crippen LogP contribution in [-0.2, 0) is 17.3 Å². The zero-order valence-corrected chi connectivity index (χ0v) is 41.3. The van der Waals surface area contributed by atoms with Crippen LogP contribution >= 0.6 is 0 Å². The number of allylic oxidation sites excluding steroid dienone is 3. The second-order valence-electron chi connectivity index (χ2n) is 20.7. The second-order valence-corrected chi connectivity index (χ2v) is 20.7. The molecule has 0 spiro atoms. The highest BCUT2D eigenvalue weighted by Crippen LogP contribution is 2.41. The summed E-state index contributed by atoms with van der Waals surface area (Å²) in [6.07, 6.45) is 4.57. The standard InChI is InChI=1S/C65H56N4O2/c1-41(62(66)68-63(44-29-32-50-48-24-14-16-27-58(48)70-60(50)37-44)67-40-45-23-18-26-51-49-25-15-17-28-59(49)71-61(45)51)35-52(43-21-12-9-13-22-43)57(36-42-19-10-8-11-20-42)69-55-33-30-46(64(2,3)4)38-53(55)54-39-47(65(5,6)7)31-34-56(54)69/h8-35,37-40,66H,36H2,1-7H3/b41-35+,57-52-,66-62?,67-40?,68-63?. The van der Waals surface area contributed by atoms with E-state index in [1.807, 2.05) is 67.6 Å². The topological polar surface area (TPSA) is 79.8 Å². The molecule has 8 aromatic carbocycles. The maximum atomic E-state index is 9.83. The molecule has 0 unspecified atom stereocenters. The van der Waals surface area contributed by atoms with Crippen molar-refractivity contribution < 1.29 is 8.83 Å². The molecule has 0 saturated heterocycles. The van der Waals surface area contributed by atoms with Crippen molar-refractivity contribution in [3.8, 4) is 0 Å². The van der Waals surface area contributed by atoms with Gasteiger partial charge in [-0.2, -0.15) is 0 Å². The fourth-order valence-electron chi connectivity index (χ4n) is 9.80. The number of aliphatic imine (C=N–C) groups is 2. The molecule has 11 aromatic rings. The molecule has 0 saturated carbocycles. The number of nitrogens with zero attached hydrogens (tertiary/aromatic N) is 3. The maximum absolute atomic E-state index is 9.83. The van der Waals surface area contributed by atoms with Crippen molar-refractivity contribution in [1.29, 1.82) is 5.41 Å². The summed E-state index contributed by atoms with van der Waals surface area (Å²) >= 11 is 0. The number of hydrogen-bond donors (Lipinski definition) is 1. The number of benzene rings is 8. The summed E-state index contributed by atoms with van der Waals surface area (Å²) in [5.74, 6) is 0.461. The van der Waals surface area contributed by atoms with Crippen molar-refractivity contribution in [2.24, 2.45) is 9.98 Å². The first-order valence-corrected chi connectivity index (χ1v) is 24.4. The summed E-state index contributed by atoms with van der Waals surface area (Å²) < 4.78 is 15.2. The molecule has 6 nitrogen and oxygen atoms in total. The highest BCUT2D eigenvalue weighted by Gasteiger charge is 2.24. The summed E-state index contributed by atoms with van der Waals surface area (Å²) in [5.41, 5.74) is 14.4. The van der Waals surface area contributed by atoms with Gasteiger partial charge in [-0.1, -0.05) is 169 Å². The summed E-state index contributed by atoms with van der Waals surface area (Å²) in [5, 5.41) is 16.4. The molecule has 3 heterocycles. The average molecular weight is 925 g/mol. The number of amidine groups is 2. The van der Waals surface area contributed by atoms with Crippen LogP contribution in [-0.4, -0.2) is 22.5 Å². The van der Waals surface area contributed by atoms with Crippen LogP contribution in [0.15, 0.2) is 212 Å². The summed E-state index contributed by atoms with van der Waals surface area (Å²) in [6, 6.07) is 63.5. The normalized spacial score (nSPS) is 13.5. The van der Waals surface area contributed by atoms with Gasteiger partial charge in [-0.15, -0.1) is 0 Å². The minimum atomic E-state index is -0.0373. The van der Waals surface area contributed by atoms with E-state index in [-0.39, 0.29) is 16.7 Å². The molecule has 0 aliphatic heterocycles. The lowest BCUT2D eigenvalue weighted by Crippen LogP contribution is -2.10. The molecule has 0 radical (unpaired) electrons. The zero-order valence-electron chi connectivity index (χ0n) is 41.3. The van der Waals surface area contributed by atoms with Gasteiger partial charge in [0, 0.05) is 67.3 Å². The Kier molecular flexibility index (Phi) is 11.4. The van der Waals surface area contributed by atoms with E-state index < -0.39 is 0 Å². The lowest BCUT2D eigenvalue weighted by molar-refractivity contribution is 0.590. The Morgan fingerprint density at radius 3 is 1.75 bits per heavy atom. The lowest BCUT2D eigenvalue weighted by Gasteiger charge is -2.21. The van der Waals surface area contributed by atoms with Gasteiger partial charge in [0.25, 0.3) is 0 Å². The first-order valence-electron chi connectivity index (χ1n) is 24.4. The van der Waals surface area contributed by atoms with Crippen LogP contribution in [0, 0.1) is 5.41 Å². The van der Waals surface area contributed by atoms with E-state index in [9.17, 15) is 5.41 Å². The highest BCUT2D eigenvalue weighted by molar-refractivity contribution is 6.18. The maximum Gasteiger partial charge on any atom is 0.161 e. The van der Waals surface area contributed by atoms with Crippen LogP contribution < -0.4 is 0 Å². The molecule has 71 heavy (non-hydrogen) atoms. The summed E-state index contributed by atoms with van der Waals surface area (Å²) in [4.78, 5) is 10.2. The number of aromatic nitrogens is 1. The van der Waals surface area contributed by atoms with Gasteiger partial charge in [-0.25, -0.2) is 9.98 Å². The summed E-state index contributed by atoms with van der Waals surface area (Å²) in [7, 11) is 0. The van der Waals surface area contributed by atoms with Gasteiger partial charge in [0.05, 0.1) is 11.0 Å². The van der Waals surface area contributed by atoms with E-state index in [2.05, 4.69) is 174 Å². The molecule has 0 aliphatic rings. The highest BCUT2D eigenvalue weighted by atomic mass is 16.3. The Bertz CT molecular complexity index is 3920. The minimum Gasteiger partial charge on any atom is -0.456 e. The van der Waals surface area contributed by atoms with E-state index in [1.165, 1.54) is 27.5 Å². The van der Waals surface area contributed by atoms with Crippen molar-refractivity contribution in [3.63, 3.8) is 0 Å². The number of fused-ring (bicyclic) bond motifs is 9. The molecule has 0 amide bonds. The first kappa shape index (κ1) is 45.1. The van der Waals surface area contributed by atoms with Crippen molar-refractivity contribution in [1.82, 2.24) is 4.57 Å². The minimum absolute atomic E-state index is 0.0373. The molecule has 0 aliphatic carbocycles. The lowest BCUT2D eigenvalue weighted by atomic mass is 9.85. The molecule has 3 aromatic heterocycles. The average Bonchev–Trinajstić information content (AvgIpc) is 4.05. The predicted octanol–water partition coefficient (Wildman–Crippen LogP) is 17.3. The van der Waals surface area contributed by atoms with Crippen molar-refractivity contribution >= 4 is 94.8 Å². The van der Waals surface area contributed by atoms with E-state index in [1.54, 1.807) is 6.21 Å². The quantitative estimate of drug-likeness (QED) is 0.0936. The van der Waals surface area contributed by atoms with E-state index >= 15 is 0 Å². The monoisotopic (exact) mass is 924 g/mol. The van der Waals surface area contributed by atoms with Gasteiger partial charge in [-0.05, 0) is 106 Å².